The van der Waals surface area contributed by atoms with E-state index < -0.39 is 10.8 Å². The standard InChI is InChI=1S/C27H36N4OS/c1-3-31-16-14-23(28-21-9-5-4-6-10-21)22-11-7-8-20(26(22)31)15-17-33(32)27-29-24-13-12-19(2)18-25(24)30-27/h7-8,11-13,18,21,23,28H,3-6,9-10,14-17H2,1-2H3,(H,29,30). The summed E-state index contributed by atoms with van der Waals surface area (Å²) in [5.41, 5.74) is 7.13. The van der Waals surface area contributed by atoms with Crippen LogP contribution in [-0.2, 0) is 17.2 Å². The van der Waals surface area contributed by atoms with E-state index in [1.807, 2.05) is 12.1 Å². The van der Waals surface area contributed by atoms with E-state index in [1.165, 1.54) is 54.5 Å². The molecule has 0 amide bonds. The number of aryl methyl sites for hydroxylation is 2. The number of hydrogen-bond donors (Lipinski definition) is 2. The molecular formula is C27H36N4OS. The Bertz CT molecular complexity index is 1130. The van der Waals surface area contributed by atoms with Crippen molar-refractivity contribution in [3.05, 3.63) is 53.1 Å². The number of hydrogen-bond acceptors (Lipinski definition) is 4. The maximum absolute atomic E-state index is 13.1. The summed E-state index contributed by atoms with van der Waals surface area (Å²) in [6.07, 6.45) is 8.65. The molecule has 2 aliphatic rings. The largest absolute Gasteiger partial charge is 0.371 e. The van der Waals surface area contributed by atoms with Crippen LogP contribution in [0.15, 0.2) is 41.6 Å². The lowest BCUT2D eigenvalue weighted by Crippen LogP contribution is -2.41. The Morgan fingerprint density at radius 3 is 2.82 bits per heavy atom. The molecule has 6 heteroatoms. The van der Waals surface area contributed by atoms with Gasteiger partial charge in [0.05, 0.1) is 21.8 Å². The van der Waals surface area contributed by atoms with Gasteiger partial charge in [-0.3, -0.25) is 4.21 Å². The zero-order valence-corrected chi connectivity index (χ0v) is 20.7. The first-order chi connectivity index (χ1) is 16.1. The third-order valence-electron chi connectivity index (χ3n) is 7.34. The van der Waals surface area contributed by atoms with Crippen LogP contribution >= 0.6 is 0 Å². The van der Waals surface area contributed by atoms with Gasteiger partial charge < -0.3 is 15.2 Å². The topological polar surface area (TPSA) is 61.0 Å². The van der Waals surface area contributed by atoms with Crippen molar-refractivity contribution in [3.8, 4) is 0 Å². The predicted molar refractivity (Wildman–Crippen MR) is 138 cm³/mol. The number of aromatic nitrogens is 2. The van der Waals surface area contributed by atoms with Crippen LogP contribution in [0.5, 0.6) is 0 Å². The van der Waals surface area contributed by atoms with Crippen LogP contribution < -0.4 is 10.2 Å². The number of nitrogens with one attached hydrogen (secondary N) is 2. The summed E-state index contributed by atoms with van der Waals surface area (Å²) in [4.78, 5) is 10.4. The first-order valence-electron chi connectivity index (χ1n) is 12.6. The third-order valence-corrected chi connectivity index (χ3v) is 8.54. The van der Waals surface area contributed by atoms with E-state index in [9.17, 15) is 4.21 Å². The van der Waals surface area contributed by atoms with Gasteiger partial charge >= 0.3 is 0 Å². The minimum absolute atomic E-state index is 0.426. The minimum Gasteiger partial charge on any atom is -0.371 e. The summed E-state index contributed by atoms with van der Waals surface area (Å²) in [7, 11) is -1.15. The SMILES string of the molecule is CCN1CCC(NC2CCCCC2)c2cccc(CCS(=O)c3nc4ccc(C)cc4[nH]3)c21. The molecule has 0 bridgehead atoms. The first kappa shape index (κ1) is 22.6. The molecule has 0 saturated heterocycles. The number of benzene rings is 2. The molecule has 0 radical (unpaired) electrons. The van der Waals surface area contributed by atoms with Crippen molar-refractivity contribution in [2.24, 2.45) is 0 Å². The fourth-order valence-electron chi connectivity index (χ4n) is 5.58. The summed E-state index contributed by atoms with van der Waals surface area (Å²) in [6.45, 7) is 6.39. The zero-order chi connectivity index (χ0) is 22.8. The van der Waals surface area contributed by atoms with Crippen molar-refractivity contribution < 1.29 is 4.21 Å². The number of fused-ring (bicyclic) bond motifs is 2. The molecule has 2 aromatic carbocycles. The normalized spacial score (nSPS) is 20.2. The molecule has 1 aliphatic carbocycles. The van der Waals surface area contributed by atoms with Crippen molar-refractivity contribution in [2.45, 2.75) is 76.0 Å². The molecule has 33 heavy (non-hydrogen) atoms. The van der Waals surface area contributed by atoms with Gasteiger partial charge in [-0.05, 0) is 68.4 Å². The summed E-state index contributed by atoms with van der Waals surface area (Å²) in [5.74, 6) is 0.577. The van der Waals surface area contributed by atoms with E-state index in [0.717, 1.165) is 37.0 Å². The van der Waals surface area contributed by atoms with Gasteiger partial charge in [-0.1, -0.05) is 43.5 Å². The second kappa shape index (κ2) is 9.98. The zero-order valence-electron chi connectivity index (χ0n) is 19.9. The van der Waals surface area contributed by atoms with Crippen molar-refractivity contribution in [1.29, 1.82) is 0 Å². The van der Waals surface area contributed by atoms with Crippen LogP contribution in [0, 0.1) is 6.92 Å². The number of nitrogens with zero attached hydrogens (tertiary/aromatic N) is 2. The summed E-state index contributed by atoms with van der Waals surface area (Å²) in [6, 6.07) is 13.9. The highest BCUT2D eigenvalue weighted by atomic mass is 32.2. The molecule has 176 valence electrons. The van der Waals surface area contributed by atoms with Crippen molar-refractivity contribution in [3.63, 3.8) is 0 Å². The molecule has 2 unspecified atom stereocenters. The Hall–Kier alpha value is -2.18. The predicted octanol–water partition coefficient (Wildman–Crippen LogP) is 5.42. The summed E-state index contributed by atoms with van der Waals surface area (Å²) >= 11 is 0. The Morgan fingerprint density at radius 1 is 1.15 bits per heavy atom. The van der Waals surface area contributed by atoms with E-state index in [-0.39, 0.29) is 0 Å². The molecule has 1 saturated carbocycles. The lowest BCUT2D eigenvalue weighted by molar-refractivity contribution is 0.326. The minimum atomic E-state index is -1.15. The highest BCUT2D eigenvalue weighted by molar-refractivity contribution is 7.84. The van der Waals surface area contributed by atoms with Crippen LogP contribution in [0.3, 0.4) is 0 Å². The molecular weight excluding hydrogens is 428 g/mol. The fourth-order valence-corrected chi connectivity index (χ4v) is 6.60. The van der Waals surface area contributed by atoms with E-state index in [4.69, 9.17) is 0 Å². The van der Waals surface area contributed by atoms with Gasteiger partial charge in [0.25, 0.3) is 0 Å². The molecule has 2 N–H and O–H groups in total. The molecule has 3 aromatic rings. The van der Waals surface area contributed by atoms with E-state index in [1.54, 1.807) is 0 Å². The monoisotopic (exact) mass is 464 g/mol. The van der Waals surface area contributed by atoms with Gasteiger partial charge in [0.2, 0.25) is 0 Å². The average molecular weight is 465 g/mol. The van der Waals surface area contributed by atoms with Crippen LogP contribution in [0.25, 0.3) is 11.0 Å². The second-order valence-electron chi connectivity index (χ2n) is 9.64. The number of anilines is 1. The number of aromatic amines is 1. The molecule has 1 aliphatic heterocycles. The van der Waals surface area contributed by atoms with Gasteiger partial charge in [-0.2, -0.15) is 0 Å². The number of para-hydroxylation sites is 1. The van der Waals surface area contributed by atoms with Gasteiger partial charge in [-0.25, -0.2) is 4.98 Å². The number of imidazole rings is 1. The number of rotatable bonds is 7. The lowest BCUT2D eigenvalue weighted by Gasteiger charge is -2.39. The summed E-state index contributed by atoms with van der Waals surface area (Å²) < 4.78 is 13.1. The Labute approximate surface area is 199 Å². The van der Waals surface area contributed by atoms with Crippen LogP contribution in [0.4, 0.5) is 5.69 Å². The number of H-pyrrole nitrogens is 1. The smallest absolute Gasteiger partial charge is 0.197 e. The van der Waals surface area contributed by atoms with Gasteiger partial charge in [0.1, 0.15) is 0 Å². The molecule has 1 aromatic heterocycles. The van der Waals surface area contributed by atoms with Gasteiger partial charge in [0.15, 0.2) is 5.16 Å². The highest BCUT2D eigenvalue weighted by Gasteiger charge is 2.28. The summed E-state index contributed by atoms with van der Waals surface area (Å²) in [5, 5.41) is 4.58. The fraction of sp³-hybridized carbons (Fsp3) is 0.519. The van der Waals surface area contributed by atoms with Crippen molar-refractivity contribution >= 4 is 27.5 Å². The maximum Gasteiger partial charge on any atom is 0.197 e. The van der Waals surface area contributed by atoms with Crippen LogP contribution in [0.1, 0.15) is 68.2 Å². The molecule has 2 atom stereocenters. The first-order valence-corrected chi connectivity index (χ1v) is 13.9. The highest BCUT2D eigenvalue weighted by Crippen LogP contribution is 2.38. The lowest BCUT2D eigenvalue weighted by atomic mass is 9.89. The Kier molecular flexibility index (Phi) is 6.84. The maximum atomic E-state index is 13.1. The van der Waals surface area contributed by atoms with Crippen molar-refractivity contribution in [2.75, 3.05) is 23.7 Å². The quantitative estimate of drug-likeness (QED) is 0.490. The second-order valence-corrected chi connectivity index (χ2v) is 11.1. The molecule has 0 spiro atoms. The molecule has 1 fully saturated rings. The van der Waals surface area contributed by atoms with Crippen LogP contribution in [-0.4, -0.2) is 39.1 Å². The third kappa shape index (κ3) is 4.87. The Morgan fingerprint density at radius 2 is 2.00 bits per heavy atom. The van der Waals surface area contributed by atoms with Gasteiger partial charge in [-0.15, -0.1) is 0 Å². The molecule has 5 nitrogen and oxygen atoms in total. The molecule has 5 rings (SSSR count). The molecule has 2 heterocycles. The average Bonchev–Trinajstić information content (AvgIpc) is 3.27. The van der Waals surface area contributed by atoms with Gasteiger partial charge in [0, 0.05) is 36.6 Å². The van der Waals surface area contributed by atoms with E-state index >= 15 is 0 Å². The Balaban J connectivity index is 1.34. The van der Waals surface area contributed by atoms with Crippen molar-refractivity contribution in [1.82, 2.24) is 15.3 Å². The van der Waals surface area contributed by atoms with Crippen LogP contribution in [0.2, 0.25) is 0 Å². The van der Waals surface area contributed by atoms with E-state index in [0.29, 0.717) is 23.0 Å². The van der Waals surface area contributed by atoms with E-state index in [2.05, 4.69) is 58.3 Å².